The number of nitrogens with zero attached hydrogens (tertiary/aromatic N) is 1. The molecule has 0 atom stereocenters. The second-order valence-electron chi connectivity index (χ2n) is 3.62. The molecule has 0 radical (unpaired) electrons. The molecule has 2 N–H and O–H groups in total. The number of aromatic hydroxyl groups is 1. The molecule has 0 aliphatic carbocycles. The fourth-order valence-electron chi connectivity index (χ4n) is 1.48. The Hall–Kier alpha value is -1.11. The fourth-order valence-corrected chi connectivity index (χ4v) is 3.00. The molecule has 0 aliphatic heterocycles. The summed E-state index contributed by atoms with van der Waals surface area (Å²) in [5, 5.41) is 18.0. The van der Waals surface area contributed by atoms with Crippen LogP contribution in [-0.4, -0.2) is 42.6 Å². The molecule has 0 aromatic heterocycles. The molecule has 1 aromatic carbocycles. The normalized spacial score (nSPS) is 11.9. The molecule has 0 spiro atoms. The minimum Gasteiger partial charge on any atom is -0.508 e. The monoisotopic (exact) mass is 259 g/mol. The van der Waals surface area contributed by atoms with Crippen LogP contribution in [0.2, 0.25) is 0 Å². The predicted octanol–water partition coefficient (Wildman–Crippen LogP) is 0.785. The molecule has 1 aromatic rings. The van der Waals surface area contributed by atoms with Crippen LogP contribution in [0.25, 0.3) is 0 Å². The molecule has 5 nitrogen and oxygen atoms in total. The number of hydrogen-bond acceptors (Lipinski definition) is 4. The summed E-state index contributed by atoms with van der Waals surface area (Å²) in [4.78, 5) is 0.122. The molecule has 0 saturated heterocycles. The van der Waals surface area contributed by atoms with Gasteiger partial charge in [0.1, 0.15) is 5.75 Å². The number of rotatable bonds is 6. The lowest BCUT2D eigenvalue weighted by atomic mass is 10.3. The van der Waals surface area contributed by atoms with E-state index in [2.05, 4.69) is 0 Å². The van der Waals surface area contributed by atoms with E-state index < -0.39 is 10.0 Å². The molecular weight excluding hydrogens is 242 g/mol. The Labute approximate surface area is 101 Å². The summed E-state index contributed by atoms with van der Waals surface area (Å²) in [6.45, 7) is 2.11. The molecule has 0 fully saturated rings. The van der Waals surface area contributed by atoms with Crippen molar-refractivity contribution in [1.82, 2.24) is 4.31 Å². The van der Waals surface area contributed by atoms with Gasteiger partial charge in [-0.2, -0.15) is 4.31 Å². The van der Waals surface area contributed by atoms with Crippen molar-refractivity contribution in [1.29, 1.82) is 0 Å². The molecule has 0 amide bonds. The van der Waals surface area contributed by atoms with Crippen LogP contribution in [0.1, 0.15) is 13.3 Å². The largest absolute Gasteiger partial charge is 0.508 e. The highest BCUT2D eigenvalue weighted by Gasteiger charge is 2.22. The Balaban J connectivity index is 3.02. The number of phenols is 1. The molecule has 96 valence electrons. The van der Waals surface area contributed by atoms with Gasteiger partial charge in [0.15, 0.2) is 0 Å². The zero-order valence-corrected chi connectivity index (χ0v) is 10.5. The lowest BCUT2D eigenvalue weighted by Crippen LogP contribution is -2.34. The van der Waals surface area contributed by atoms with E-state index in [0.29, 0.717) is 13.0 Å². The van der Waals surface area contributed by atoms with Gasteiger partial charge >= 0.3 is 0 Å². The first-order valence-corrected chi connectivity index (χ1v) is 6.86. The van der Waals surface area contributed by atoms with E-state index >= 15 is 0 Å². The third-order valence-electron chi connectivity index (χ3n) is 2.30. The molecule has 17 heavy (non-hydrogen) atoms. The van der Waals surface area contributed by atoms with Crippen molar-refractivity contribution in [2.24, 2.45) is 0 Å². The first-order valence-electron chi connectivity index (χ1n) is 5.42. The van der Waals surface area contributed by atoms with Crippen LogP contribution in [0.5, 0.6) is 5.75 Å². The summed E-state index contributed by atoms with van der Waals surface area (Å²) in [7, 11) is -3.58. The summed E-state index contributed by atoms with van der Waals surface area (Å²) in [6, 6.07) is 5.36. The van der Waals surface area contributed by atoms with E-state index in [1.54, 1.807) is 0 Å². The van der Waals surface area contributed by atoms with E-state index in [4.69, 9.17) is 10.2 Å². The number of phenolic OH excluding ortho intramolecular Hbond substituents is 1. The smallest absolute Gasteiger partial charge is 0.243 e. The van der Waals surface area contributed by atoms with E-state index in [9.17, 15) is 8.42 Å². The standard InChI is InChI=1S/C11H17NO4S/c1-2-7-12(8-9-13)17(15,16)11-5-3-10(14)4-6-11/h3-6,13-14H,2,7-9H2,1H3. The van der Waals surface area contributed by atoms with E-state index in [1.165, 1.54) is 28.6 Å². The van der Waals surface area contributed by atoms with Crippen molar-refractivity contribution >= 4 is 10.0 Å². The highest BCUT2D eigenvalue weighted by Crippen LogP contribution is 2.18. The molecule has 1 rings (SSSR count). The number of sulfonamides is 1. The number of aliphatic hydroxyl groups is 1. The van der Waals surface area contributed by atoms with Crippen LogP contribution < -0.4 is 0 Å². The van der Waals surface area contributed by atoms with Gasteiger partial charge in [-0.3, -0.25) is 0 Å². The van der Waals surface area contributed by atoms with Gasteiger partial charge in [-0.25, -0.2) is 8.42 Å². The van der Waals surface area contributed by atoms with Gasteiger partial charge in [-0.15, -0.1) is 0 Å². The Morgan fingerprint density at radius 3 is 2.24 bits per heavy atom. The zero-order chi connectivity index (χ0) is 12.9. The summed E-state index contributed by atoms with van der Waals surface area (Å²) in [5.74, 6) is 0.0214. The van der Waals surface area contributed by atoms with Gasteiger partial charge in [0, 0.05) is 13.1 Å². The number of hydrogen-bond donors (Lipinski definition) is 2. The van der Waals surface area contributed by atoms with Crippen LogP contribution in [0, 0.1) is 0 Å². The van der Waals surface area contributed by atoms with Gasteiger partial charge < -0.3 is 10.2 Å². The second-order valence-corrected chi connectivity index (χ2v) is 5.56. The van der Waals surface area contributed by atoms with Crippen molar-refractivity contribution in [2.75, 3.05) is 19.7 Å². The van der Waals surface area contributed by atoms with Crippen molar-refractivity contribution in [3.05, 3.63) is 24.3 Å². The van der Waals surface area contributed by atoms with E-state index in [-0.39, 0.29) is 23.8 Å². The maximum Gasteiger partial charge on any atom is 0.243 e. The number of aliphatic hydroxyl groups excluding tert-OH is 1. The van der Waals surface area contributed by atoms with Crippen LogP contribution in [0.4, 0.5) is 0 Å². The Morgan fingerprint density at radius 1 is 1.18 bits per heavy atom. The topological polar surface area (TPSA) is 77.8 Å². The van der Waals surface area contributed by atoms with Crippen LogP contribution in [-0.2, 0) is 10.0 Å². The highest BCUT2D eigenvalue weighted by atomic mass is 32.2. The second kappa shape index (κ2) is 6.00. The minimum absolute atomic E-state index is 0.0214. The van der Waals surface area contributed by atoms with Gasteiger partial charge in [-0.05, 0) is 30.7 Å². The molecule has 6 heteroatoms. The maximum atomic E-state index is 12.2. The van der Waals surface area contributed by atoms with E-state index in [1.807, 2.05) is 6.92 Å². The van der Waals surface area contributed by atoms with Gasteiger partial charge in [-0.1, -0.05) is 6.92 Å². The highest BCUT2D eigenvalue weighted by molar-refractivity contribution is 7.89. The lowest BCUT2D eigenvalue weighted by Gasteiger charge is -2.20. The molecule has 0 bridgehead atoms. The van der Waals surface area contributed by atoms with Crippen LogP contribution in [0.15, 0.2) is 29.2 Å². The summed E-state index contributed by atoms with van der Waals surface area (Å²) >= 11 is 0. The summed E-state index contributed by atoms with van der Waals surface area (Å²) < 4.78 is 25.5. The van der Waals surface area contributed by atoms with Crippen molar-refractivity contribution in [2.45, 2.75) is 18.2 Å². The summed E-state index contributed by atoms with van der Waals surface area (Å²) in [6.07, 6.45) is 0.678. The van der Waals surface area contributed by atoms with Crippen molar-refractivity contribution < 1.29 is 18.6 Å². The van der Waals surface area contributed by atoms with Gasteiger partial charge in [0.25, 0.3) is 0 Å². The van der Waals surface area contributed by atoms with Crippen molar-refractivity contribution in [3.8, 4) is 5.75 Å². The first-order chi connectivity index (χ1) is 8.02. The zero-order valence-electron chi connectivity index (χ0n) is 9.70. The average Bonchev–Trinajstić information content (AvgIpc) is 2.29. The number of benzene rings is 1. The third-order valence-corrected chi connectivity index (χ3v) is 4.21. The van der Waals surface area contributed by atoms with Gasteiger partial charge in [0.05, 0.1) is 11.5 Å². The molecule has 0 saturated carbocycles. The minimum atomic E-state index is -3.58. The SMILES string of the molecule is CCCN(CCO)S(=O)(=O)c1ccc(O)cc1. The molecule has 0 aliphatic rings. The molecular formula is C11H17NO4S. The first kappa shape index (κ1) is 14.0. The maximum absolute atomic E-state index is 12.2. The third kappa shape index (κ3) is 3.42. The lowest BCUT2D eigenvalue weighted by molar-refractivity contribution is 0.253. The predicted molar refractivity (Wildman–Crippen MR) is 64.2 cm³/mol. The Bertz CT molecular complexity index is 435. The van der Waals surface area contributed by atoms with Crippen LogP contribution >= 0.6 is 0 Å². The summed E-state index contributed by atoms with van der Waals surface area (Å²) in [5.41, 5.74) is 0. The molecule has 0 unspecified atom stereocenters. The van der Waals surface area contributed by atoms with Crippen LogP contribution in [0.3, 0.4) is 0 Å². The van der Waals surface area contributed by atoms with Crippen molar-refractivity contribution in [3.63, 3.8) is 0 Å². The Kier molecular flexibility index (Phi) is 4.92. The molecule has 0 heterocycles. The quantitative estimate of drug-likeness (QED) is 0.791. The average molecular weight is 259 g/mol. The van der Waals surface area contributed by atoms with E-state index in [0.717, 1.165) is 0 Å². The Morgan fingerprint density at radius 2 is 1.76 bits per heavy atom. The fraction of sp³-hybridized carbons (Fsp3) is 0.455. The van der Waals surface area contributed by atoms with Gasteiger partial charge in [0.2, 0.25) is 10.0 Å².